The van der Waals surface area contributed by atoms with Crippen LogP contribution in [0.4, 0.5) is 0 Å². The second-order valence-corrected chi connectivity index (χ2v) is 11.3. The molecule has 0 bridgehead atoms. The summed E-state index contributed by atoms with van der Waals surface area (Å²) in [5.74, 6) is -2.56. The molecule has 4 rings (SSSR count). The van der Waals surface area contributed by atoms with E-state index in [-0.39, 0.29) is 61.9 Å². The van der Waals surface area contributed by atoms with Gasteiger partial charge in [-0.2, -0.15) is 0 Å². The molecule has 16 nitrogen and oxygen atoms in total. The van der Waals surface area contributed by atoms with Crippen molar-refractivity contribution in [3.8, 4) is 11.5 Å². The molecule has 4 N–H and O–H groups in total. The fourth-order valence-electron chi connectivity index (χ4n) is 4.93. The lowest BCUT2D eigenvalue weighted by atomic mass is 10.2. The zero-order valence-corrected chi connectivity index (χ0v) is 27.9. The van der Waals surface area contributed by atoms with E-state index in [1.165, 1.54) is 31.2 Å². The van der Waals surface area contributed by atoms with Gasteiger partial charge in [-0.15, -0.1) is 0 Å². The molecule has 0 saturated carbocycles. The normalized spacial score (nSPS) is 16.0. The molecule has 16 heteroatoms. The van der Waals surface area contributed by atoms with Crippen molar-refractivity contribution in [3.63, 3.8) is 0 Å². The molecule has 0 saturated heterocycles. The number of carbonyl (C=O) groups excluding carboxylic acids is 5. The molecule has 0 aromatic heterocycles. The Bertz CT molecular complexity index is 1640. The Balaban J connectivity index is 1.12. The van der Waals surface area contributed by atoms with E-state index in [0.717, 1.165) is 0 Å². The smallest absolute Gasteiger partial charge is 0.340 e. The maximum atomic E-state index is 12.7. The molecule has 2 heterocycles. The van der Waals surface area contributed by atoms with Crippen molar-refractivity contribution in [1.82, 2.24) is 20.4 Å². The molecule has 268 valence electrons. The monoisotopic (exact) mass is 696 g/mol. The van der Waals surface area contributed by atoms with E-state index in [1.807, 2.05) is 0 Å². The molecule has 1 atom stereocenters. The number of benzene rings is 2. The number of methoxy groups -OCH3 is 1. The van der Waals surface area contributed by atoms with Crippen molar-refractivity contribution in [1.29, 1.82) is 0 Å². The zero-order valence-electron chi connectivity index (χ0n) is 27.9. The molecule has 0 spiro atoms. The van der Waals surface area contributed by atoms with Gasteiger partial charge in [-0.3, -0.25) is 19.3 Å². The number of aliphatic hydroxyl groups is 2. The van der Waals surface area contributed by atoms with Crippen LogP contribution in [0.2, 0.25) is 0 Å². The van der Waals surface area contributed by atoms with Gasteiger partial charge in [0, 0.05) is 26.7 Å². The number of nitrogens with one attached hydrogen (secondary N) is 2. The van der Waals surface area contributed by atoms with Crippen LogP contribution in [0.5, 0.6) is 11.5 Å². The van der Waals surface area contributed by atoms with E-state index in [0.29, 0.717) is 29.9 Å². The number of nitrogens with zero attached hydrogens (tertiary/aromatic N) is 2. The average molecular weight is 697 g/mol. The van der Waals surface area contributed by atoms with Crippen LogP contribution in [0.15, 0.2) is 71.2 Å². The Morgan fingerprint density at radius 1 is 0.820 bits per heavy atom. The SMILES string of the molecule is COC(=O)c1cccc(OCCCNC(=O)C2=C(O)C(OCOC(=O)c3ccc(OCCCNC(=O)C4=C(O)C(=O)N(C)C4)cc3)N(C)C2)c1. The summed E-state index contributed by atoms with van der Waals surface area (Å²) in [5.41, 5.74) is 0.754. The second kappa shape index (κ2) is 17.7. The number of rotatable bonds is 17. The molecule has 0 fully saturated rings. The van der Waals surface area contributed by atoms with Gasteiger partial charge in [0.1, 0.15) is 17.3 Å². The summed E-state index contributed by atoms with van der Waals surface area (Å²) in [7, 11) is 4.43. The number of esters is 2. The molecule has 1 unspecified atom stereocenters. The summed E-state index contributed by atoms with van der Waals surface area (Å²) in [6, 6.07) is 12.7. The lowest BCUT2D eigenvalue weighted by Gasteiger charge is -2.20. The Kier molecular flexibility index (Phi) is 13.2. The number of likely N-dealkylation sites (N-methyl/N-ethyl adjacent to an activating group) is 2. The van der Waals surface area contributed by atoms with Gasteiger partial charge in [-0.25, -0.2) is 9.59 Å². The van der Waals surface area contributed by atoms with Crippen molar-refractivity contribution in [2.45, 2.75) is 19.1 Å². The van der Waals surface area contributed by atoms with Gasteiger partial charge < -0.3 is 49.4 Å². The second-order valence-electron chi connectivity index (χ2n) is 11.3. The lowest BCUT2D eigenvalue weighted by Crippen LogP contribution is -2.32. The average Bonchev–Trinajstić information content (AvgIpc) is 3.55. The third kappa shape index (κ3) is 9.73. The van der Waals surface area contributed by atoms with Gasteiger partial charge >= 0.3 is 11.9 Å². The molecule has 0 aliphatic carbocycles. The van der Waals surface area contributed by atoms with Crippen molar-refractivity contribution < 1.29 is 57.9 Å². The van der Waals surface area contributed by atoms with Gasteiger partial charge in [0.25, 0.3) is 17.7 Å². The quantitative estimate of drug-likeness (QED) is 0.105. The molecule has 2 aromatic carbocycles. The van der Waals surface area contributed by atoms with Crippen molar-refractivity contribution in [2.75, 3.05) is 67.4 Å². The van der Waals surface area contributed by atoms with E-state index in [4.69, 9.17) is 23.7 Å². The number of carbonyl (C=O) groups is 5. The lowest BCUT2D eigenvalue weighted by molar-refractivity contribution is -0.126. The van der Waals surface area contributed by atoms with Gasteiger partial charge in [0.15, 0.2) is 18.8 Å². The van der Waals surface area contributed by atoms with E-state index < -0.39 is 48.4 Å². The van der Waals surface area contributed by atoms with E-state index in [1.54, 1.807) is 48.3 Å². The van der Waals surface area contributed by atoms with Crippen LogP contribution in [-0.4, -0.2) is 123 Å². The van der Waals surface area contributed by atoms with E-state index in [9.17, 15) is 34.2 Å². The standard InChI is InChI=1S/C34H40N4O12/c1-37-18-25(27(39)31(37)43)29(41)35-13-5-15-47-23-11-9-21(10-12-23)34(45)50-20-49-32-28(40)26(19-38(32)2)30(42)36-14-6-16-48-24-8-4-7-22(17-24)33(44)46-3/h4,7-12,17,32,39-40H,5-6,13-16,18-20H2,1-3H3,(H,35,41)(H,36,42). The van der Waals surface area contributed by atoms with Crippen molar-refractivity contribution in [3.05, 3.63) is 82.3 Å². The minimum Gasteiger partial charge on any atom is -0.507 e. The van der Waals surface area contributed by atoms with Crippen molar-refractivity contribution >= 4 is 29.7 Å². The van der Waals surface area contributed by atoms with Crippen LogP contribution in [0.1, 0.15) is 33.6 Å². The molecule has 2 aliphatic rings. The third-order valence-corrected chi connectivity index (χ3v) is 7.64. The largest absolute Gasteiger partial charge is 0.507 e. The first-order valence-electron chi connectivity index (χ1n) is 15.7. The minimum absolute atomic E-state index is 0.0281. The Morgan fingerprint density at radius 2 is 1.46 bits per heavy atom. The number of hydrogen-bond donors (Lipinski definition) is 4. The highest BCUT2D eigenvalue weighted by Gasteiger charge is 2.35. The summed E-state index contributed by atoms with van der Waals surface area (Å²) in [4.78, 5) is 63.5. The fraction of sp³-hybridized carbons (Fsp3) is 0.382. The highest BCUT2D eigenvalue weighted by molar-refractivity contribution is 6.06. The van der Waals surface area contributed by atoms with Crippen LogP contribution >= 0.6 is 0 Å². The zero-order chi connectivity index (χ0) is 36.2. The molecular weight excluding hydrogens is 656 g/mol. The van der Waals surface area contributed by atoms with Crippen LogP contribution in [0.25, 0.3) is 0 Å². The minimum atomic E-state index is -0.987. The van der Waals surface area contributed by atoms with Crippen LogP contribution in [0, 0.1) is 0 Å². The first-order chi connectivity index (χ1) is 24.0. The first-order valence-corrected chi connectivity index (χ1v) is 15.7. The molecule has 0 radical (unpaired) electrons. The van der Waals surface area contributed by atoms with Crippen LogP contribution in [0.3, 0.4) is 0 Å². The highest BCUT2D eigenvalue weighted by Crippen LogP contribution is 2.23. The Morgan fingerprint density at radius 3 is 2.08 bits per heavy atom. The topological polar surface area (TPSA) is 202 Å². The number of ether oxygens (including phenoxy) is 5. The number of amides is 3. The third-order valence-electron chi connectivity index (χ3n) is 7.64. The van der Waals surface area contributed by atoms with Gasteiger partial charge in [-0.05, 0) is 62.4 Å². The van der Waals surface area contributed by atoms with E-state index >= 15 is 0 Å². The molecular formula is C34H40N4O12. The van der Waals surface area contributed by atoms with Crippen molar-refractivity contribution in [2.24, 2.45) is 0 Å². The first kappa shape index (κ1) is 37.2. The molecule has 50 heavy (non-hydrogen) atoms. The fourth-order valence-corrected chi connectivity index (χ4v) is 4.93. The Hall–Kier alpha value is -5.61. The molecule has 2 aromatic rings. The van der Waals surface area contributed by atoms with Gasteiger partial charge in [-0.1, -0.05) is 6.07 Å². The maximum absolute atomic E-state index is 12.7. The van der Waals surface area contributed by atoms with Gasteiger partial charge in [0.05, 0.1) is 49.1 Å². The Labute approximate surface area is 288 Å². The molecule has 2 aliphatic heterocycles. The number of aliphatic hydroxyl groups excluding tert-OH is 2. The van der Waals surface area contributed by atoms with Gasteiger partial charge in [0.2, 0.25) is 0 Å². The highest BCUT2D eigenvalue weighted by atomic mass is 16.7. The predicted octanol–water partition coefficient (Wildman–Crippen LogP) is 1.44. The summed E-state index contributed by atoms with van der Waals surface area (Å²) in [6.07, 6.45) is -0.0650. The van der Waals surface area contributed by atoms with E-state index in [2.05, 4.69) is 10.6 Å². The molecule has 3 amide bonds. The van der Waals surface area contributed by atoms with Crippen LogP contribution in [-0.2, 0) is 28.6 Å². The summed E-state index contributed by atoms with van der Waals surface area (Å²) in [6.45, 7) is 0.748. The summed E-state index contributed by atoms with van der Waals surface area (Å²) in [5, 5.41) is 25.8. The summed E-state index contributed by atoms with van der Waals surface area (Å²) >= 11 is 0. The number of hydrogen-bond acceptors (Lipinski definition) is 13. The summed E-state index contributed by atoms with van der Waals surface area (Å²) < 4.78 is 26.7. The predicted molar refractivity (Wildman–Crippen MR) is 175 cm³/mol. The van der Waals surface area contributed by atoms with Crippen LogP contribution < -0.4 is 20.1 Å². The maximum Gasteiger partial charge on any atom is 0.340 e.